The Morgan fingerprint density at radius 2 is 1.87 bits per heavy atom. The van der Waals surface area contributed by atoms with E-state index in [1.807, 2.05) is 43.3 Å². The largest absolute Gasteiger partial charge is 0.317 e. The summed E-state index contributed by atoms with van der Waals surface area (Å²) in [6.07, 6.45) is 3.96. The summed E-state index contributed by atoms with van der Waals surface area (Å²) in [5.74, 6) is 0.383. The highest BCUT2D eigenvalue weighted by Gasteiger charge is 2.17. The smallest absolute Gasteiger partial charge is 0.276 e. The first-order valence-corrected chi connectivity index (χ1v) is 9.99. The molecule has 3 aromatic rings. The summed E-state index contributed by atoms with van der Waals surface area (Å²) >= 11 is 0. The number of rotatable bonds is 5. The van der Waals surface area contributed by atoms with E-state index in [4.69, 9.17) is 0 Å². The number of aromatic nitrogens is 2. The molecular weight excluding hydrogens is 390 g/mol. The van der Waals surface area contributed by atoms with Crippen molar-refractivity contribution in [3.63, 3.8) is 0 Å². The maximum absolute atomic E-state index is 12.5. The molecule has 2 heterocycles. The molecule has 3 rings (SSSR count). The van der Waals surface area contributed by atoms with Gasteiger partial charge < -0.3 is 4.57 Å². The summed E-state index contributed by atoms with van der Waals surface area (Å²) in [6, 6.07) is 14.8. The number of hydrogen-bond donors (Lipinski definition) is 1. The van der Waals surface area contributed by atoms with Gasteiger partial charge in [-0.15, -0.1) is 0 Å². The van der Waals surface area contributed by atoms with Crippen molar-refractivity contribution in [1.82, 2.24) is 15.0 Å². The zero-order chi connectivity index (χ0) is 22.6. The average Bonchev–Trinajstić information content (AvgIpc) is 2.74. The van der Waals surface area contributed by atoms with Gasteiger partial charge in [-0.2, -0.15) is 0 Å². The molecule has 1 amide bonds. The fourth-order valence-electron chi connectivity index (χ4n) is 3.01. The van der Waals surface area contributed by atoms with Gasteiger partial charge in [0, 0.05) is 29.9 Å². The van der Waals surface area contributed by atoms with E-state index in [0.29, 0.717) is 17.9 Å². The number of benzene rings is 1. The van der Waals surface area contributed by atoms with Crippen molar-refractivity contribution >= 4 is 23.6 Å². The van der Waals surface area contributed by atoms with Gasteiger partial charge in [-0.1, -0.05) is 45.0 Å². The van der Waals surface area contributed by atoms with Crippen molar-refractivity contribution in [3.8, 4) is 0 Å². The first-order chi connectivity index (χ1) is 14.7. The molecule has 0 spiro atoms. The van der Waals surface area contributed by atoms with Gasteiger partial charge in [0.25, 0.3) is 5.56 Å². The number of amides is 1. The highest BCUT2D eigenvalue weighted by molar-refractivity contribution is 6.03. The molecule has 1 aromatic carbocycles. The van der Waals surface area contributed by atoms with Crippen LogP contribution in [0.2, 0.25) is 0 Å². The Morgan fingerprint density at radius 3 is 2.48 bits per heavy atom. The van der Waals surface area contributed by atoms with E-state index in [0.717, 1.165) is 16.8 Å². The zero-order valence-corrected chi connectivity index (χ0v) is 18.5. The molecule has 0 saturated heterocycles. The van der Waals surface area contributed by atoms with E-state index in [1.54, 1.807) is 31.6 Å². The minimum atomic E-state index is -0.232. The van der Waals surface area contributed by atoms with Gasteiger partial charge >= 0.3 is 0 Å². The molecule has 0 bridgehead atoms. The monoisotopic (exact) mass is 417 g/mol. The molecule has 0 atom stereocenters. The van der Waals surface area contributed by atoms with E-state index in [-0.39, 0.29) is 16.7 Å². The molecule has 0 aliphatic heterocycles. The van der Waals surface area contributed by atoms with Crippen LogP contribution in [0, 0.1) is 6.92 Å². The number of hydrogen-bond acceptors (Lipinski definition) is 4. The summed E-state index contributed by atoms with van der Waals surface area (Å²) in [4.78, 5) is 33.5. The topological polar surface area (TPSA) is 79.6 Å². The van der Waals surface area contributed by atoms with Crippen LogP contribution < -0.4 is 16.0 Å². The van der Waals surface area contributed by atoms with Crippen LogP contribution in [0.5, 0.6) is 0 Å². The van der Waals surface area contributed by atoms with Crippen LogP contribution in [0.25, 0.3) is 0 Å². The van der Waals surface area contributed by atoms with Gasteiger partial charge in [0.15, 0.2) is 5.84 Å². The fraction of sp³-hybridized carbons (Fsp3) is 0.250. The molecule has 7 nitrogen and oxygen atoms in total. The lowest BCUT2D eigenvalue weighted by atomic mass is 9.92. The second kappa shape index (κ2) is 8.95. The Balaban J connectivity index is 2.04. The third-order valence-corrected chi connectivity index (χ3v) is 4.86. The molecule has 7 heteroatoms. The zero-order valence-electron chi connectivity index (χ0n) is 18.5. The van der Waals surface area contributed by atoms with Crippen LogP contribution in [0.4, 0.5) is 11.4 Å². The van der Waals surface area contributed by atoms with Crippen molar-refractivity contribution < 1.29 is 4.79 Å². The first kappa shape index (κ1) is 22.0. The average molecular weight is 418 g/mol. The second-order valence-corrected chi connectivity index (χ2v) is 8.32. The Hall–Kier alpha value is -3.74. The molecular formula is C24H27N5O2. The summed E-state index contributed by atoms with van der Waals surface area (Å²) in [7, 11) is 1.67. The van der Waals surface area contributed by atoms with Crippen LogP contribution in [-0.4, -0.2) is 21.8 Å². The number of anilines is 1. The molecule has 0 radical (unpaired) electrons. The van der Waals surface area contributed by atoms with Crippen LogP contribution >= 0.6 is 0 Å². The third-order valence-electron chi connectivity index (χ3n) is 4.86. The van der Waals surface area contributed by atoms with E-state index >= 15 is 0 Å². The Labute approximate surface area is 182 Å². The summed E-state index contributed by atoms with van der Waals surface area (Å²) in [5.41, 5.74) is 6.20. The first-order valence-electron chi connectivity index (χ1n) is 9.99. The highest BCUT2D eigenvalue weighted by atomic mass is 16.1. The van der Waals surface area contributed by atoms with Crippen molar-refractivity contribution in [2.24, 2.45) is 12.0 Å². The van der Waals surface area contributed by atoms with Crippen molar-refractivity contribution in [2.45, 2.75) is 33.1 Å². The number of nitrogens with zero attached hydrogens (tertiary/aromatic N) is 4. The maximum Gasteiger partial charge on any atom is 0.276 e. The predicted octanol–water partition coefficient (Wildman–Crippen LogP) is 3.63. The van der Waals surface area contributed by atoms with Gasteiger partial charge in [-0.3, -0.25) is 20.0 Å². The number of carbonyl (C=O) groups is 1. The van der Waals surface area contributed by atoms with Gasteiger partial charge in [0.05, 0.1) is 11.9 Å². The van der Waals surface area contributed by atoms with E-state index in [9.17, 15) is 9.59 Å². The SMILES string of the molecule is Cc1ccccc1C(=Nc1cccn(C)c1=O)NN(C=O)c1ccc(C(C)(C)C)nc1. The highest BCUT2D eigenvalue weighted by Crippen LogP contribution is 2.22. The van der Waals surface area contributed by atoms with Crippen molar-refractivity contribution in [3.05, 3.63) is 88.1 Å². The molecule has 160 valence electrons. The number of amidine groups is 1. The standard InChI is InChI=1S/C24H27N5O2/c1-17-9-6-7-10-19(17)22(26-20-11-8-14-28(5)23(20)31)27-29(16-30)18-12-13-21(25-15-18)24(2,3)4/h6-16H,1-5H3,(H,26,27). The van der Waals surface area contributed by atoms with Gasteiger partial charge in [-0.25, -0.2) is 10.0 Å². The quantitative estimate of drug-likeness (QED) is 0.298. The van der Waals surface area contributed by atoms with E-state index in [2.05, 4.69) is 36.2 Å². The Bertz CT molecular complexity index is 1160. The lowest BCUT2D eigenvalue weighted by Gasteiger charge is -2.23. The van der Waals surface area contributed by atoms with Crippen LogP contribution in [0.15, 0.2) is 70.7 Å². The van der Waals surface area contributed by atoms with Crippen molar-refractivity contribution in [1.29, 1.82) is 0 Å². The number of aryl methyl sites for hydroxylation is 2. The normalized spacial score (nSPS) is 11.8. The molecule has 0 saturated carbocycles. The molecule has 0 aliphatic carbocycles. The molecule has 0 aliphatic rings. The minimum absolute atomic E-state index is 0.0981. The van der Waals surface area contributed by atoms with Crippen LogP contribution in [0.1, 0.15) is 37.6 Å². The lowest BCUT2D eigenvalue weighted by Crippen LogP contribution is -2.42. The molecule has 31 heavy (non-hydrogen) atoms. The van der Waals surface area contributed by atoms with Crippen LogP contribution in [0.3, 0.4) is 0 Å². The number of nitrogens with one attached hydrogen (secondary N) is 1. The van der Waals surface area contributed by atoms with E-state index < -0.39 is 0 Å². The summed E-state index contributed by atoms with van der Waals surface area (Å²) in [5, 5.41) is 1.30. The molecule has 0 unspecified atom stereocenters. The van der Waals surface area contributed by atoms with Crippen molar-refractivity contribution in [2.75, 3.05) is 5.01 Å². The van der Waals surface area contributed by atoms with Gasteiger partial charge in [0.2, 0.25) is 6.41 Å². The van der Waals surface area contributed by atoms with Gasteiger partial charge in [-0.05, 0) is 36.8 Å². The van der Waals surface area contributed by atoms with Gasteiger partial charge in [0.1, 0.15) is 5.69 Å². The molecule has 1 N–H and O–H groups in total. The second-order valence-electron chi connectivity index (χ2n) is 8.32. The Morgan fingerprint density at radius 1 is 1.13 bits per heavy atom. The van der Waals surface area contributed by atoms with E-state index in [1.165, 1.54) is 9.58 Å². The number of pyridine rings is 2. The summed E-state index contributed by atoms with van der Waals surface area (Å²) < 4.78 is 1.46. The number of aliphatic imine (C=N–C) groups is 1. The lowest BCUT2D eigenvalue weighted by molar-refractivity contribution is -0.107. The minimum Gasteiger partial charge on any atom is -0.317 e. The van der Waals surface area contributed by atoms with Crippen LogP contribution in [-0.2, 0) is 17.3 Å². The number of hydrazine groups is 1. The third kappa shape index (κ3) is 5.06. The maximum atomic E-state index is 12.5. The molecule has 2 aromatic heterocycles. The summed E-state index contributed by atoms with van der Waals surface area (Å²) in [6.45, 7) is 8.18. The fourth-order valence-corrected chi connectivity index (χ4v) is 3.01. The Kier molecular flexibility index (Phi) is 6.34. The molecule has 0 fully saturated rings. The number of carbonyl (C=O) groups excluding carboxylic acids is 1. The predicted molar refractivity (Wildman–Crippen MR) is 124 cm³/mol.